The molecular formula is C21H27N3OS. The first kappa shape index (κ1) is 16.7. The molecule has 0 N–H and O–H groups in total. The SMILES string of the molecule is CN1CCC(N2C[C@@H]3C[C@H](C2)c2c(-c4cccs4)ccc(=O)n2C3)CC1. The van der Waals surface area contributed by atoms with Crippen LogP contribution in [0.1, 0.15) is 30.9 Å². The molecule has 2 aromatic heterocycles. The fourth-order valence-electron chi connectivity index (χ4n) is 5.35. The number of hydrogen-bond donors (Lipinski definition) is 0. The molecule has 4 nitrogen and oxygen atoms in total. The molecule has 5 rings (SSSR count). The minimum absolute atomic E-state index is 0.183. The Kier molecular flexibility index (Phi) is 4.26. The predicted octanol–water partition coefficient (Wildman–Crippen LogP) is 3.09. The number of hydrogen-bond acceptors (Lipinski definition) is 4. The van der Waals surface area contributed by atoms with Gasteiger partial charge in [-0.2, -0.15) is 0 Å². The van der Waals surface area contributed by atoms with Gasteiger partial charge >= 0.3 is 0 Å². The molecule has 2 atom stereocenters. The smallest absolute Gasteiger partial charge is 0.250 e. The van der Waals surface area contributed by atoms with Gasteiger partial charge in [-0.25, -0.2) is 0 Å². The highest BCUT2D eigenvalue weighted by atomic mass is 32.1. The number of thiophene rings is 1. The van der Waals surface area contributed by atoms with Gasteiger partial charge in [-0.15, -0.1) is 11.3 Å². The average Bonchev–Trinajstić information content (AvgIpc) is 3.17. The van der Waals surface area contributed by atoms with Crippen LogP contribution in [0.5, 0.6) is 0 Å². The van der Waals surface area contributed by atoms with Crippen LogP contribution in [0.4, 0.5) is 0 Å². The zero-order valence-electron chi connectivity index (χ0n) is 15.4. The first-order valence-electron chi connectivity index (χ1n) is 9.89. The van der Waals surface area contributed by atoms with E-state index < -0.39 is 0 Å². The molecule has 138 valence electrons. The van der Waals surface area contributed by atoms with E-state index in [4.69, 9.17) is 0 Å². The third kappa shape index (κ3) is 2.86. The van der Waals surface area contributed by atoms with E-state index in [1.165, 1.54) is 55.0 Å². The van der Waals surface area contributed by atoms with Gasteiger partial charge in [-0.05, 0) is 62.8 Å². The summed E-state index contributed by atoms with van der Waals surface area (Å²) >= 11 is 1.78. The van der Waals surface area contributed by atoms with Crippen LogP contribution in [0.3, 0.4) is 0 Å². The van der Waals surface area contributed by atoms with Crippen LogP contribution in [0.25, 0.3) is 10.4 Å². The number of likely N-dealkylation sites (tertiary alicyclic amines) is 2. The monoisotopic (exact) mass is 369 g/mol. The van der Waals surface area contributed by atoms with Crippen molar-refractivity contribution in [1.82, 2.24) is 14.4 Å². The standard InChI is InChI=1S/C21H27N3OS/c1-22-8-6-17(7-9-22)23-12-15-11-16(14-23)21-18(19-3-2-10-26-19)4-5-20(25)24(21)13-15/h2-5,10,15-17H,6-9,11-14H2,1H3/t15-,16+/m0/s1. The highest BCUT2D eigenvalue weighted by Crippen LogP contribution is 2.41. The quantitative estimate of drug-likeness (QED) is 0.814. The third-order valence-corrected chi connectivity index (χ3v) is 7.51. The zero-order chi connectivity index (χ0) is 17.7. The van der Waals surface area contributed by atoms with Crippen molar-refractivity contribution in [2.24, 2.45) is 5.92 Å². The van der Waals surface area contributed by atoms with Gasteiger partial charge < -0.3 is 9.47 Å². The van der Waals surface area contributed by atoms with E-state index in [2.05, 4.69) is 45.0 Å². The number of nitrogens with zero attached hydrogens (tertiary/aromatic N) is 3. The van der Waals surface area contributed by atoms with Crippen LogP contribution in [0, 0.1) is 5.92 Å². The van der Waals surface area contributed by atoms with Crippen LogP contribution in [-0.4, -0.2) is 53.6 Å². The molecule has 0 aliphatic carbocycles. The highest BCUT2D eigenvalue weighted by molar-refractivity contribution is 7.13. The molecule has 0 radical (unpaired) electrons. The van der Waals surface area contributed by atoms with Crippen molar-refractivity contribution in [3.63, 3.8) is 0 Å². The number of pyridine rings is 1. The van der Waals surface area contributed by atoms with Crippen LogP contribution in [-0.2, 0) is 6.54 Å². The lowest BCUT2D eigenvalue weighted by atomic mass is 9.80. The van der Waals surface area contributed by atoms with Gasteiger partial charge in [-0.1, -0.05) is 6.07 Å². The summed E-state index contributed by atoms with van der Waals surface area (Å²) in [5.74, 6) is 1.12. The third-order valence-electron chi connectivity index (χ3n) is 6.61. The molecule has 26 heavy (non-hydrogen) atoms. The number of aromatic nitrogens is 1. The van der Waals surface area contributed by atoms with Crippen LogP contribution < -0.4 is 5.56 Å². The van der Waals surface area contributed by atoms with Gasteiger partial charge in [0.25, 0.3) is 5.56 Å². The second-order valence-electron chi connectivity index (χ2n) is 8.35. The molecule has 0 spiro atoms. The van der Waals surface area contributed by atoms with Gasteiger partial charge in [0.1, 0.15) is 0 Å². The molecule has 3 aliphatic rings. The Morgan fingerprint density at radius 3 is 2.69 bits per heavy atom. The van der Waals surface area contributed by atoms with E-state index >= 15 is 0 Å². The Bertz CT molecular complexity index is 835. The molecule has 2 aromatic rings. The molecule has 0 aromatic carbocycles. The summed E-state index contributed by atoms with van der Waals surface area (Å²) in [4.78, 5) is 19.1. The Morgan fingerprint density at radius 2 is 1.92 bits per heavy atom. The van der Waals surface area contributed by atoms with E-state index in [9.17, 15) is 4.79 Å². The van der Waals surface area contributed by atoms with Crippen molar-refractivity contribution in [2.45, 2.75) is 37.8 Å². The highest BCUT2D eigenvalue weighted by Gasteiger charge is 2.38. The van der Waals surface area contributed by atoms with Crippen LogP contribution in [0.15, 0.2) is 34.4 Å². The summed E-state index contributed by atoms with van der Waals surface area (Å²) in [6, 6.07) is 8.86. The zero-order valence-corrected chi connectivity index (χ0v) is 16.3. The van der Waals surface area contributed by atoms with Gasteiger partial charge in [-0.3, -0.25) is 9.69 Å². The molecule has 2 fully saturated rings. The number of piperidine rings is 2. The van der Waals surface area contributed by atoms with E-state index in [1.54, 1.807) is 17.4 Å². The van der Waals surface area contributed by atoms with E-state index in [0.29, 0.717) is 11.8 Å². The molecule has 0 amide bonds. The maximum absolute atomic E-state index is 12.6. The molecule has 3 aliphatic heterocycles. The van der Waals surface area contributed by atoms with E-state index in [0.717, 1.165) is 19.1 Å². The largest absolute Gasteiger partial charge is 0.311 e. The molecule has 5 heteroatoms. The molecule has 5 heterocycles. The summed E-state index contributed by atoms with van der Waals surface area (Å²) in [5.41, 5.74) is 2.77. The van der Waals surface area contributed by atoms with Gasteiger partial charge in [0.15, 0.2) is 0 Å². The molecule has 0 saturated carbocycles. The van der Waals surface area contributed by atoms with Crippen molar-refractivity contribution < 1.29 is 0 Å². The molecule has 2 saturated heterocycles. The van der Waals surface area contributed by atoms with Gasteiger partial charge in [0.2, 0.25) is 0 Å². The maximum Gasteiger partial charge on any atom is 0.250 e. The van der Waals surface area contributed by atoms with Crippen molar-refractivity contribution in [2.75, 3.05) is 33.2 Å². The summed E-state index contributed by atoms with van der Waals surface area (Å²) in [7, 11) is 2.23. The van der Waals surface area contributed by atoms with Crippen LogP contribution in [0.2, 0.25) is 0 Å². The first-order chi connectivity index (χ1) is 12.7. The summed E-state index contributed by atoms with van der Waals surface area (Å²) in [6.45, 7) is 5.61. The predicted molar refractivity (Wildman–Crippen MR) is 107 cm³/mol. The lowest BCUT2D eigenvalue weighted by Gasteiger charge is -2.47. The van der Waals surface area contributed by atoms with Crippen molar-refractivity contribution >= 4 is 11.3 Å². The minimum Gasteiger partial charge on any atom is -0.311 e. The molecule has 0 unspecified atom stereocenters. The van der Waals surface area contributed by atoms with Gasteiger partial charge in [0.05, 0.1) is 0 Å². The second-order valence-corrected chi connectivity index (χ2v) is 9.29. The fourth-order valence-corrected chi connectivity index (χ4v) is 6.11. The number of rotatable bonds is 2. The average molecular weight is 370 g/mol. The summed E-state index contributed by atoms with van der Waals surface area (Å²) < 4.78 is 2.10. The van der Waals surface area contributed by atoms with E-state index in [-0.39, 0.29) is 5.56 Å². The van der Waals surface area contributed by atoms with Crippen molar-refractivity contribution in [3.8, 4) is 10.4 Å². The molecule has 2 bridgehead atoms. The van der Waals surface area contributed by atoms with Crippen molar-refractivity contribution in [3.05, 3.63) is 45.7 Å². The van der Waals surface area contributed by atoms with Gasteiger partial charge in [0, 0.05) is 53.8 Å². The fraction of sp³-hybridized carbons (Fsp3) is 0.571. The lowest BCUT2D eigenvalue weighted by molar-refractivity contribution is 0.0519. The summed E-state index contributed by atoms with van der Waals surface area (Å²) in [6.07, 6.45) is 3.82. The topological polar surface area (TPSA) is 28.5 Å². The van der Waals surface area contributed by atoms with Crippen LogP contribution >= 0.6 is 11.3 Å². The lowest BCUT2D eigenvalue weighted by Crippen LogP contribution is -2.53. The molecular weight excluding hydrogens is 342 g/mol. The van der Waals surface area contributed by atoms with E-state index in [1.807, 2.05) is 0 Å². The maximum atomic E-state index is 12.6. The minimum atomic E-state index is 0.183. The Hall–Kier alpha value is -1.43. The normalized spacial score (nSPS) is 27.4. The first-order valence-corrected chi connectivity index (χ1v) is 10.8. The second kappa shape index (κ2) is 6.63. The van der Waals surface area contributed by atoms with Crippen molar-refractivity contribution in [1.29, 1.82) is 0 Å². The Balaban J connectivity index is 1.49. The number of fused-ring (bicyclic) bond motifs is 4. The summed E-state index contributed by atoms with van der Waals surface area (Å²) in [5, 5.41) is 2.13. The Morgan fingerprint density at radius 1 is 1.08 bits per heavy atom. The Labute approximate surface area is 159 Å².